The molecule has 0 radical (unpaired) electrons. The third kappa shape index (κ3) is 4.02. The lowest BCUT2D eigenvalue weighted by Crippen LogP contribution is -2.42. The molecule has 1 atom stereocenters. The smallest absolute Gasteiger partial charge is 0.274 e. The van der Waals surface area contributed by atoms with Crippen LogP contribution in [0.3, 0.4) is 0 Å². The molecule has 4 N–H and O–H groups in total. The second kappa shape index (κ2) is 8.65. The molecule has 1 unspecified atom stereocenters. The van der Waals surface area contributed by atoms with Gasteiger partial charge in [-0.25, -0.2) is 5.84 Å². The topological polar surface area (TPSA) is 94.8 Å². The van der Waals surface area contributed by atoms with E-state index in [0.717, 1.165) is 34.1 Å². The molecule has 0 saturated carbocycles. The number of carbonyl (C=O) groups is 1. The zero-order chi connectivity index (χ0) is 21.3. The van der Waals surface area contributed by atoms with Gasteiger partial charge in [0.15, 0.2) is 6.61 Å². The molecule has 1 aliphatic heterocycles. The number of fused-ring (bicyclic) bond motifs is 3. The van der Waals surface area contributed by atoms with Crippen molar-refractivity contribution in [1.82, 2.24) is 14.9 Å². The molecule has 1 amide bonds. The molecule has 2 aromatic carbocycles. The van der Waals surface area contributed by atoms with Gasteiger partial charge in [-0.2, -0.15) is 0 Å². The SMILES string of the molecule is CN1CCc2c([nH]c3ccc(Cl)cc23)C1c1ccc(OCC(=O)N(N)CCO)cc1. The van der Waals surface area contributed by atoms with Gasteiger partial charge in [0, 0.05) is 28.2 Å². The monoisotopic (exact) mass is 428 g/mol. The first kappa shape index (κ1) is 20.7. The van der Waals surface area contributed by atoms with Crippen LogP contribution in [0.25, 0.3) is 10.9 Å². The van der Waals surface area contributed by atoms with Crippen LogP contribution in [0.5, 0.6) is 5.75 Å². The van der Waals surface area contributed by atoms with Crippen molar-refractivity contribution in [2.75, 3.05) is 33.4 Å². The van der Waals surface area contributed by atoms with Crippen molar-refractivity contribution in [3.8, 4) is 5.75 Å². The maximum atomic E-state index is 11.9. The van der Waals surface area contributed by atoms with Crippen molar-refractivity contribution < 1.29 is 14.6 Å². The standard InChI is InChI=1S/C22H25ClN4O3/c1-26-9-8-17-18-12-15(23)4-7-19(18)25-21(17)22(26)14-2-5-16(6-3-14)30-13-20(29)27(24)10-11-28/h2-7,12,22,25,28H,8-11,13,24H2,1H3. The minimum absolute atomic E-state index is 0.0766. The summed E-state index contributed by atoms with van der Waals surface area (Å²) >= 11 is 6.22. The number of benzene rings is 2. The number of hydrazine groups is 1. The van der Waals surface area contributed by atoms with E-state index in [-0.39, 0.29) is 31.7 Å². The van der Waals surface area contributed by atoms with Crippen molar-refractivity contribution in [2.24, 2.45) is 5.84 Å². The van der Waals surface area contributed by atoms with Crippen LogP contribution in [0, 0.1) is 0 Å². The lowest BCUT2D eigenvalue weighted by atomic mass is 9.93. The van der Waals surface area contributed by atoms with Crippen LogP contribution in [0.2, 0.25) is 5.02 Å². The molecule has 3 aromatic rings. The zero-order valence-corrected chi connectivity index (χ0v) is 17.5. The number of carbonyl (C=O) groups excluding carboxylic acids is 1. The van der Waals surface area contributed by atoms with Gasteiger partial charge in [-0.15, -0.1) is 0 Å². The molecular weight excluding hydrogens is 404 g/mol. The van der Waals surface area contributed by atoms with Crippen LogP contribution in [0.15, 0.2) is 42.5 Å². The Labute approximate surface area is 179 Å². The van der Waals surface area contributed by atoms with Crippen molar-refractivity contribution >= 4 is 28.4 Å². The van der Waals surface area contributed by atoms with Crippen molar-refractivity contribution in [1.29, 1.82) is 0 Å². The van der Waals surface area contributed by atoms with E-state index < -0.39 is 0 Å². The summed E-state index contributed by atoms with van der Waals surface area (Å²) in [5.41, 5.74) is 4.73. The van der Waals surface area contributed by atoms with Crippen LogP contribution >= 0.6 is 11.6 Å². The number of hydrogen-bond acceptors (Lipinski definition) is 5. The summed E-state index contributed by atoms with van der Waals surface area (Å²) in [4.78, 5) is 17.8. The van der Waals surface area contributed by atoms with Crippen LogP contribution in [-0.2, 0) is 11.2 Å². The molecule has 7 nitrogen and oxygen atoms in total. The molecule has 30 heavy (non-hydrogen) atoms. The Balaban J connectivity index is 1.55. The van der Waals surface area contributed by atoms with Crippen molar-refractivity contribution in [2.45, 2.75) is 12.5 Å². The molecule has 8 heteroatoms. The molecule has 1 aliphatic rings. The van der Waals surface area contributed by atoms with Gasteiger partial charge in [0.2, 0.25) is 0 Å². The quantitative estimate of drug-likeness (QED) is 0.318. The Hall–Kier alpha value is -2.58. The van der Waals surface area contributed by atoms with E-state index in [9.17, 15) is 4.79 Å². The van der Waals surface area contributed by atoms with Gasteiger partial charge in [0.1, 0.15) is 5.75 Å². The van der Waals surface area contributed by atoms with E-state index in [4.69, 9.17) is 27.3 Å². The van der Waals surface area contributed by atoms with Gasteiger partial charge in [-0.1, -0.05) is 23.7 Å². The van der Waals surface area contributed by atoms with Gasteiger partial charge in [0.05, 0.1) is 19.2 Å². The molecular formula is C22H25ClN4O3. The third-order valence-electron chi connectivity index (χ3n) is 5.55. The lowest BCUT2D eigenvalue weighted by molar-refractivity contribution is -0.134. The number of nitrogens with zero attached hydrogens (tertiary/aromatic N) is 2. The first-order chi connectivity index (χ1) is 14.5. The molecule has 0 saturated heterocycles. The summed E-state index contributed by atoms with van der Waals surface area (Å²) in [6, 6.07) is 13.8. The fourth-order valence-electron chi connectivity index (χ4n) is 4.01. The number of aliphatic hydroxyl groups is 1. The third-order valence-corrected chi connectivity index (χ3v) is 5.78. The molecule has 0 aliphatic carbocycles. The fourth-order valence-corrected chi connectivity index (χ4v) is 4.18. The average molecular weight is 429 g/mol. The summed E-state index contributed by atoms with van der Waals surface area (Å²) < 4.78 is 5.55. The second-order valence-electron chi connectivity index (χ2n) is 7.51. The Kier molecular flexibility index (Phi) is 5.97. The second-order valence-corrected chi connectivity index (χ2v) is 7.95. The highest BCUT2D eigenvalue weighted by Gasteiger charge is 2.29. The van der Waals surface area contributed by atoms with E-state index in [1.54, 1.807) is 0 Å². The number of hydrogen-bond donors (Lipinski definition) is 3. The number of aromatic nitrogens is 1. The summed E-state index contributed by atoms with van der Waals surface area (Å²) in [7, 11) is 2.12. The first-order valence-corrected chi connectivity index (χ1v) is 10.2. The summed E-state index contributed by atoms with van der Waals surface area (Å²) in [5.74, 6) is 5.74. The van der Waals surface area contributed by atoms with Crippen molar-refractivity contribution in [3.63, 3.8) is 0 Å². The van der Waals surface area contributed by atoms with Crippen LogP contribution in [-0.4, -0.2) is 59.3 Å². The predicted octanol–water partition coefficient (Wildman–Crippen LogP) is 2.47. The molecule has 1 aromatic heterocycles. The summed E-state index contributed by atoms with van der Waals surface area (Å²) in [6.45, 7) is 0.661. The molecule has 0 spiro atoms. The highest BCUT2D eigenvalue weighted by atomic mass is 35.5. The summed E-state index contributed by atoms with van der Waals surface area (Å²) in [5, 5.41) is 11.7. The van der Waals surface area contributed by atoms with E-state index in [0.29, 0.717) is 5.75 Å². The number of likely N-dealkylation sites (N-methyl/N-ethyl adjacent to an activating group) is 1. The first-order valence-electron chi connectivity index (χ1n) is 9.87. The number of amides is 1. The minimum atomic E-state index is -0.387. The fraction of sp³-hybridized carbons (Fsp3) is 0.318. The molecule has 158 valence electrons. The Morgan fingerprint density at radius 3 is 2.83 bits per heavy atom. The van der Waals surface area contributed by atoms with E-state index in [1.807, 2.05) is 42.5 Å². The summed E-state index contributed by atoms with van der Waals surface area (Å²) in [6.07, 6.45) is 0.968. The molecule has 2 heterocycles. The lowest BCUT2D eigenvalue weighted by Gasteiger charge is -2.33. The van der Waals surface area contributed by atoms with E-state index in [2.05, 4.69) is 16.9 Å². The highest BCUT2D eigenvalue weighted by molar-refractivity contribution is 6.31. The van der Waals surface area contributed by atoms with Gasteiger partial charge in [-0.3, -0.25) is 14.7 Å². The van der Waals surface area contributed by atoms with Gasteiger partial charge < -0.3 is 14.8 Å². The zero-order valence-electron chi connectivity index (χ0n) is 16.8. The van der Waals surface area contributed by atoms with Crippen LogP contribution in [0.1, 0.15) is 22.9 Å². The maximum Gasteiger partial charge on any atom is 0.274 e. The maximum absolute atomic E-state index is 11.9. The number of nitrogens with two attached hydrogens (primary N) is 1. The average Bonchev–Trinajstić information content (AvgIpc) is 3.10. The normalized spacial score (nSPS) is 16.5. The van der Waals surface area contributed by atoms with E-state index >= 15 is 0 Å². The number of halogens is 1. The van der Waals surface area contributed by atoms with Crippen molar-refractivity contribution in [3.05, 3.63) is 64.3 Å². The van der Waals surface area contributed by atoms with Crippen LogP contribution < -0.4 is 10.6 Å². The van der Waals surface area contributed by atoms with Crippen LogP contribution in [0.4, 0.5) is 0 Å². The Morgan fingerprint density at radius 2 is 2.10 bits per heavy atom. The van der Waals surface area contributed by atoms with E-state index in [1.165, 1.54) is 16.6 Å². The number of nitrogens with one attached hydrogen (secondary N) is 1. The van der Waals surface area contributed by atoms with Gasteiger partial charge >= 0.3 is 0 Å². The molecule has 4 rings (SSSR count). The minimum Gasteiger partial charge on any atom is -0.484 e. The molecule has 0 bridgehead atoms. The highest BCUT2D eigenvalue weighted by Crippen LogP contribution is 2.38. The van der Waals surface area contributed by atoms with Gasteiger partial charge in [-0.05, 0) is 54.9 Å². The Bertz CT molecular complexity index is 1050. The number of aromatic amines is 1. The molecule has 0 fully saturated rings. The number of aliphatic hydroxyl groups excluding tert-OH is 1. The Morgan fingerprint density at radius 1 is 1.33 bits per heavy atom. The number of rotatable bonds is 6. The predicted molar refractivity (Wildman–Crippen MR) is 116 cm³/mol. The number of ether oxygens (including phenoxy) is 1. The van der Waals surface area contributed by atoms with Gasteiger partial charge in [0.25, 0.3) is 5.91 Å². The number of H-pyrrole nitrogens is 1. The largest absolute Gasteiger partial charge is 0.484 e.